The van der Waals surface area contributed by atoms with Crippen molar-refractivity contribution in [3.05, 3.63) is 35.4 Å². The Morgan fingerprint density at radius 3 is 2.67 bits per heavy atom. The van der Waals surface area contributed by atoms with Crippen LogP contribution in [0.25, 0.3) is 0 Å². The van der Waals surface area contributed by atoms with Crippen LogP contribution in [-0.2, 0) is 11.3 Å². The summed E-state index contributed by atoms with van der Waals surface area (Å²) in [6.45, 7) is 2.99. The van der Waals surface area contributed by atoms with E-state index in [9.17, 15) is 9.59 Å². The van der Waals surface area contributed by atoms with Crippen molar-refractivity contribution in [3.63, 3.8) is 0 Å². The molecule has 1 saturated heterocycles. The molecule has 1 aromatic carbocycles. The predicted molar refractivity (Wildman–Crippen MR) is 66.3 cm³/mol. The first kappa shape index (κ1) is 12.6. The Bertz CT molecular complexity index is 442. The summed E-state index contributed by atoms with van der Waals surface area (Å²) in [6, 6.07) is 6.87. The van der Waals surface area contributed by atoms with Gasteiger partial charge in [-0.15, -0.1) is 0 Å². The average Bonchev–Trinajstić information content (AvgIpc) is 2.55. The molecular formula is C13H16N2O3. The molecule has 1 aromatic rings. The fourth-order valence-electron chi connectivity index (χ4n) is 1.98. The second kappa shape index (κ2) is 5.64. The summed E-state index contributed by atoms with van der Waals surface area (Å²) in [6.07, 6.45) is 0.521. The molecule has 0 saturated carbocycles. The first-order valence-electron chi connectivity index (χ1n) is 5.96. The standard InChI is InChI=1S/C13H16N2O3/c16-12-5-7-15(8-6-14-12)9-10-1-3-11(4-2-10)13(17)18/h1-4H,5-9H2,(H,14,16)(H,17,18). The summed E-state index contributed by atoms with van der Waals surface area (Å²) in [4.78, 5) is 24.1. The Balaban J connectivity index is 1.96. The van der Waals surface area contributed by atoms with Crippen LogP contribution in [0.2, 0.25) is 0 Å². The molecule has 1 heterocycles. The van der Waals surface area contributed by atoms with Crippen molar-refractivity contribution in [3.8, 4) is 0 Å². The van der Waals surface area contributed by atoms with Crippen LogP contribution in [0.3, 0.4) is 0 Å². The summed E-state index contributed by atoms with van der Waals surface area (Å²) in [5, 5.41) is 11.6. The lowest BCUT2D eigenvalue weighted by molar-refractivity contribution is -0.120. The molecule has 0 atom stereocenters. The second-order valence-electron chi connectivity index (χ2n) is 4.38. The molecule has 2 rings (SSSR count). The van der Waals surface area contributed by atoms with Crippen molar-refractivity contribution in [1.82, 2.24) is 10.2 Å². The molecular weight excluding hydrogens is 232 g/mol. The van der Waals surface area contributed by atoms with Gasteiger partial charge in [0.15, 0.2) is 0 Å². The quantitative estimate of drug-likeness (QED) is 0.826. The molecule has 1 aliphatic rings. The van der Waals surface area contributed by atoms with E-state index < -0.39 is 5.97 Å². The van der Waals surface area contributed by atoms with Gasteiger partial charge >= 0.3 is 5.97 Å². The molecule has 5 nitrogen and oxygen atoms in total. The second-order valence-corrected chi connectivity index (χ2v) is 4.38. The average molecular weight is 248 g/mol. The Morgan fingerprint density at radius 2 is 2.00 bits per heavy atom. The third-order valence-electron chi connectivity index (χ3n) is 3.01. The van der Waals surface area contributed by atoms with Gasteiger partial charge in [0, 0.05) is 32.6 Å². The van der Waals surface area contributed by atoms with E-state index in [-0.39, 0.29) is 5.91 Å². The van der Waals surface area contributed by atoms with Crippen LogP contribution in [0.5, 0.6) is 0 Å². The van der Waals surface area contributed by atoms with Gasteiger partial charge in [-0.1, -0.05) is 12.1 Å². The van der Waals surface area contributed by atoms with Crippen LogP contribution in [-0.4, -0.2) is 41.5 Å². The molecule has 18 heavy (non-hydrogen) atoms. The van der Waals surface area contributed by atoms with Crippen molar-refractivity contribution in [2.45, 2.75) is 13.0 Å². The van der Waals surface area contributed by atoms with E-state index in [2.05, 4.69) is 10.2 Å². The fraction of sp³-hybridized carbons (Fsp3) is 0.385. The van der Waals surface area contributed by atoms with Crippen molar-refractivity contribution in [2.24, 2.45) is 0 Å². The minimum atomic E-state index is -0.911. The molecule has 0 bridgehead atoms. The van der Waals surface area contributed by atoms with E-state index >= 15 is 0 Å². The van der Waals surface area contributed by atoms with Crippen LogP contribution >= 0.6 is 0 Å². The molecule has 0 aromatic heterocycles. The first-order valence-corrected chi connectivity index (χ1v) is 5.96. The van der Waals surface area contributed by atoms with E-state index in [4.69, 9.17) is 5.11 Å². The van der Waals surface area contributed by atoms with E-state index in [1.54, 1.807) is 12.1 Å². The van der Waals surface area contributed by atoms with Crippen molar-refractivity contribution in [1.29, 1.82) is 0 Å². The Hall–Kier alpha value is -1.88. The zero-order valence-electron chi connectivity index (χ0n) is 10.1. The molecule has 0 aliphatic carbocycles. The van der Waals surface area contributed by atoms with E-state index in [1.165, 1.54) is 0 Å². The Kier molecular flexibility index (Phi) is 3.94. The number of rotatable bonds is 3. The van der Waals surface area contributed by atoms with E-state index in [1.807, 2.05) is 12.1 Å². The normalized spacial score (nSPS) is 17.0. The van der Waals surface area contributed by atoms with Gasteiger partial charge in [-0.3, -0.25) is 9.69 Å². The maximum atomic E-state index is 11.2. The number of carboxylic acid groups (broad SMARTS) is 1. The summed E-state index contributed by atoms with van der Waals surface area (Å²) in [5.41, 5.74) is 1.36. The summed E-state index contributed by atoms with van der Waals surface area (Å²) in [7, 11) is 0. The number of carbonyl (C=O) groups is 2. The number of carbonyl (C=O) groups excluding carboxylic acids is 1. The van der Waals surface area contributed by atoms with Crippen molar-refractivity contribution < 1.29 is 14.7 Å². The van der Waals surface area contributed by atoms with Gasteiger partial charge in [-0.05, 0) is 17.7 Å². The highest BCUT2D eigenvalue weighted by molar-refractivity contribution is 5.87. The van der Waals surface area contributed by atoms with Crippen LogP contribution in [0.1, 0.15) is 22.3 Å². The van der Waals surface area contributed by atoms with Crippen molar-refractivity contribution in [2.75, 3.05) is 19.6 Å². The number of nitrogens with one attached hydrogen (secondary N) is 1. The lowest BCUT2D eigenvalue weighted by atomic mass is 10.1. The van der Waals surface area contributed by atoms with Gasteiger partial charge in [0.05, 0.1) is 5.56 Å². The lowest BCUT2D eigenvalue weighted by Crippen LogP contribution is -2.28. The van der Waals surface area contributed by atoms with Gasteiger partial charge in [0.25, 0.3) is 0 Å². The van der Waals surface area contributed by atoms with E-state index in [0.29, 0.717) is 18.5 Å². The highest BCUT2D eigenvalue weighted by Crippen LogP contribution is 2.09. The minimum absolute atomic E-state index is 0.0960. The van der Waals surface area contributed by atoms with Crippen LogP contribution < -0.4 is 5.32 Å². The zero-order chi connectivity index (χ0) is 13.0. The van der Waals surface area contributed by atoms with Gasteiger partial charge in [-0.2, -0.15) is 0 Å². The van der Waals surface area contributed by atoms with Crippen molar-refractivity contribution >= 4 is 11.9 Å². The smallest absolute Gasteiger partial charge is 0.335 e. The third-order valence-corrected chi connectivity index (χ3v) is 3.01. The van der Waals surface area contributed by atoms with E-state index in [0.717, 1.165) is 25.2 Å². The number of aromatic carboxylic acids is 1. The van der Waals surface area contributed by atoms with Gasteiger partial charge in [-0.25, -0.2) is 4.79 Å². The molecule has 2 N–H and O–H groups in total. The zero-order valence-corrected chi connectivity index (χ0v) is 10.1. The Labute approximate surface area is 105 Å². The molecule has 1 aliphatic heterocycles. The molecule has 5 heteroatoms. The minimum Gasteiger partial charge on any atom is -0.478 e. The molecule has 0 radical (unpaired) electrons. The fourth-order valence-corrected chi connectivity index (χ4v) is 1.98. The highest BCUT2D eigenvalue weighted by Gasteiger charge is 2.13. The van der Waals surface area contributed by atoms with Gasteiger partial charge in [0.2, 0.25) is 5.91 Å². The number of carboxylic acids is 1. The SMILES string of the molecule is O=C1CCN(Cc2ccc(C(=O)O)cc2)CCN1. The monoisotopic (exact) mass is 248 g/mol. The first-order chi connectivity index (χ1) is 8.65. The number of amides is 1. The lowest BCUT2D eigenvalue weighted by Gasteiger charge is -2.18. The number of hydrogen-bond acceptors (Lipinski definition) is 3. The topological polar surface area (TPSA) is 69.6 Å². The van der Waals surface area contributed by atoms with Crippen LogP contribution in [0.4, 0.5) is 0 Å². The van der Waals surface area contributed by atoms with Crippen LogP contribution in [0, 0.1) is 0 Å². The third kappa shape index (κ3) is 3.30. The predicted octanol–water partition coefficient (Wildman–Crippen LogP) is 0.707. The molecule has 1 fully saturated rings. The largest absolute Gasteiger partial charge is 0.478 e. The number of benzene rings is 1. The Morgan fingerprint density at radius 1 is 1.28 bits per heavy atom. The maximum Gasteiger partial charge on any atom is 0.335 e. The van der Waals surface area contributed by atoms with Gasteiger partial charge < -0.3 is 10.4 Å². The maximum absolute atomic E-state index is 11.2. The number of hydrogen-bond donors (Lipinski definition) is 2. The molecule has 0 unspecified atom stereocenters. The van der Waals surface area contributed by atoms with Gasteiger partial charge in [0.1, 0.15) is 0 Å². The summed E-state index contributed by atoms with van der Waals surface area (Å²) < 4.78 is 0. The summed E-state index contributed by atoms with van der Waals surface area (Å²) in [5.74, 6) is -0.815. The summed E-state index contributed by atoms with van der Waals surface area (Å²) >= 11 is 0. The molecule has 0 spiro atoms. The van der Waals surface area contributed by atoms with Crippen LogP contribution in [0.15, 0.2) is 24.3 Å². The number of nitrogens with zero attached hydrogens (tertiary/aromatic N) is 1. The molecule has 96 valence electrons. The highest BCUT2D eigenvalue weighted by atomic mass is 16.4. The molecule has 1 amide bonds.